The first-order valence-corrected chi connectivity index (χ1v) is 9.36. The molecule has 5 nitrogen and oxygen atoms in total. The molecule has 0 bridgehead atoms. The first-order valence-electron chi connectivity index (χ1n) is 9.36. The lowest BCUT2D eigenvalue weighted by Crippen LogP contribution is -2.38. The molecular formula is C21H26FN3O2. The number of nitrogens with zero attached hydrogens (tertiary/aromatic N) is 1. The first kappa shape index (κ1) is 19.2. The number of hydrogen-bond donors (Lipinski definition) is 3. The van der Waals surface area contributed by atoms with E-state index in [1.54, 1.807) is 12.1 Å². The van der Waals surface area contributed by atoms with Gasteiger partial charge in [0, 0.05) is 19.5 Å². The van der Waals surface area contributed by atoms with Gasteiger partial charge < -0.3 is 20.5 Å². The lowest BCUT2D eigenvalue weighted by molar-refractivity contribution is 0.187. The van der Waals surface area contributed by atoms with Gasteiger partial charge in [0.15, 0.2) is 5.96 Å². The van der Waals surface area contributed by atoms with Crippen molar-refractivity contribution < 1.29 is 14.2 Å². The van der Waals surface area contributed by atoms with Crippen molar-refractivity contribution >= 4 is 5.96 Å². The van der Waals surface area contributed by atoms with Crippen LogP contribution >= 0.6 is 0 Å². The van der Waals surface area contributed by atoms with Gasteiger partial charge in [0.2, 0.25) is 0 Å². The van der Waals surface area contributed by atoms with Gasteiger partial charge in [-0.2, -0.15) is 0 Å². The second-order valence-corrected chi connectivity index (χ2v) is 6.50. The Morgan fingerprint density at radius 2 is 2.04 bits per heavy atom. The van der Waals surface area contributed by atoms with Gasteiger partial charge in [0.1, 0.15) is 11.6 Å². The molecule has 0 fully saturated rings. The third-order valence-corrected chi connectivity index (χ3v) is 4.48. The molecule has 2 aromatic carbocycles. The number of halogens is 1. The van der Waals surface area contributed by atoms with E-state index in [1.807, 2.05) is 13.0 Å². The zero-order chi connectivity index (χ0) is 19.1. The molecule has 144 valence electrons. The number of fused-ring (bicyclic) bond motifs is 1. The van der Waals surface area contributed by atoms with Gasteiger partial charge in [0.25, 0.3) is 0 Å². The molecule has 0 aliphatic carbocycles. The van der Waals surface area contributed by atoms with Gasteiger partial charge in [-0.15, -0.1) is 0 Å². The third kappa shape index (κ3) is 5.44. The summed E-state index contributed by atoms with van der Waals surface area (Å²) in [7, 11) is 0. The summed E-state index contributed by atoms with van der Waals surface area (Å²) in [6, 6.07) is 12.2. The SMILES string of the molecule is CCNC(=NCC(O)c1ccc(F)cc1)NCCc1ccc2c(c1)CCO2. The first-order chi connectivity index (χ1) is 13.2. The summed E-state index contributed by atoms with van der Waals surface area (Å²) in [6.45, 7) is 4.43. The van der Waals surface area contributed by atoms with Crippen molar-refractivity contribution in [1.82, 2.24) is 10.6 Å². The van der Waals surface area contributed by atoms with Crippen LogP contribution in [0.5, 0.6) is 5.75 Å². The second kappa shape index (κ2) is 9.37. The second-order valence-electron chi connectivity index (χ2n) is 6.50. The number of nitrogens with one attached hydrogen (secondary N) is 2. The molecule has 1 heterocycles. The number of benzene rings is 2. The Balaban J connectivity index is 1.52. The van der Waals surface area contributed by atoms with Crippen LogP contribution in [0.15, 0.2) is 47.5 Å². The summed E-state index contributed by atoms with van der Waals surface area (Å²) in [5.41, 5.74) is 3.18. The number of ether oxygens (including phenoxy) is 1. The highest BCUT2D eigenvalue weighted by Crippen LogP contribution is 2.25. The highest BCUT2D eigenvalue weighted by molar-refractivity contribution is 5.79. The van der Waals surface area contributed by atoms with Crippen molar-refractivity contribution in [1.29, 1.82) is 0 Å². The van der Waals surface area contributed by atoms with Gasteiger partial charge in [-0.25, -0.2) is 4.39 Å². The van der Waals surface area contributed by atoms with Crippen molar-refractivity contribution in [3.8, 4) is 5.75 Å². The van der Waals surface area contributed by atoms with Crippen molar-refractivity contribution in [2.45, 2.75) is 25.9 Å². The molecule has 1 atom stereocenters. The van der Waals surface area contributed by atoms with E-state index in [0.29, 0.717) is 11.5 Å². The Morgan fingerprint density at radius 3 is 2.81 bits per heavy atom. The molecule has 0 spiro atoms. The minimum Gasteiger partial charge on any atom is -0.493 e. The van der Waals surface area contributed by atoms with Crippen molar-refractivity contribution in [2.24, 2.45) is 4.99 Å². The lowest BCUT2D eigenvalue weighted by atomic mass is 10.1. The summed E-state index contributed by atoms with van der Waals surface area (Å²) < 4.78 is 18.5. The van der Waals surface area contributed by atoms with E-state index >= 15 is 0 Å². The van der Waals surface area contributed by atoms with Crippen LogP contribution in [0.1, 0.15) is 29.7 Å². The van der Waals surface area contributed by atoms with Crippen LogP contribution in [0.3, 0.4) is 0 Å². The number of rotatable bonds is 7. The molecule has 0 saturated carbocycles. The minimum atomic E-state index is -0.766. The maximum Gasteiger partial charge on any atom is 0.191 e. The van der Waals surface area contributed by atoms with Crippen LogP contribution < -0.4 is 15.4 Å². The smallest absolute Gasteiger partial charge is 0.191 e. The fourth-order valence-corrected chi connectivity index (χ4v) is 3.03. The molecule has 0 aromatic heterocycles. The zero-order valence-electron chi connectivity index (χ0n) is 15.5. The fraction of sp³-hybridized carbons (Fsp3) is 0.381. The average molecular weight is 371 g/mol. The summed E-state index contributed by atoms with van der Waals surface area (Å²) in [6.07, 6.45) is 1.08. The van der Waals surface area contributed by atoms with E-state index in [1.165, 1.54) is 23.3 Å². The highest BCUT2D eigenvalue weighted by Gasteiger charge is 2.12. The van der Waals surface area contributed by atoms with Crippen molar-refractivity contribution in [2.75, 3.05) is 26.2 Å². The predicted octanol–water partition coefficient (Wildman–Crippen LogP) is 2.59. The molecule has 6 heteroatoms. The quantitative estimate of drug-likeness (QED) is 0.517. The van der Waals surface area contributed by atoms with E-state index < -0.39 is 6.10 Å². The minimum absolute atomic E-state index is 0.206. The van der Waals surface area contributed by atoms with E-state index in [4.69, 9.17) is 4.74 Å². The Morgan fingerprint density at radius 1 is 1.22 bits per heavy atom. The van der Waals surface area contributed by atoms with Crippen LogP contribution in [0, 0.1) is 5.82 Å². The summed E-state index contributed by atoms with van der Waals surface area (Å²) in [5, 5.41) is 16.7. The zero-order valence-corrected chi connectivity index (χ0v) is 15.5. The van der Waals surface area contributed by atoms with Crippen molar-refractivity contribution in [3.63, 3.8) is 0 Å². The van der Waals surface area contributed by atoms with Gasteiger partial charge in [-0.1, -0.05) is 24.3 Å². The normalized spacial score (nSPS) is 14.4. The lowest BCUT2D eigenvalue weighted by Gasteiger charge is -2.13. The summed E-state index contributed by atoms with van der Waals surface area (Å²) in [5.74, 6) is 1.34. The summed E-state index contributed by atoms with van der Waals surface area (Å²) >= 11 is 0. The van der Waals surface area contributed by atoms with E-state index in [0.717, 1.165) is 38.3 Å². The van der Waals surface area contributed by atoms with E-state index in [9.17, 15) is 9.50 Å². The van der Waals surface area contributed by atoms with Crippen LogP contribution in [0.4, 0.5) is 4.39 Å². The monoisotopic (exact) mass is 371 g/mol. The molecule has 0 saturated heterocycles. The molecule has 0 radical (unpaired) electrons. The molecule has 1 unspecified atom stereocenters. The molecule has 1 aliphatic heterocycles. The van der Waals surface area contributed by atoms with Gasteiger partial charge in [-0.3, -0.25) is 4.99 Å². The maximum atomic E-state index is 13.0. The van der Waals surface area contributed by atoms with Crippen LogP contribution in [0.2, 0.25) is 0 Å². The molecule has 1 aliphatic rings. The standard InChI is InChI=1S/C21H26FN3O2/c1-2-23-21(25-14-19(26)16-4-6-18(22)7-5-16)24-11-9-15-3-8-20-17(13-15)10-12-27-20/h3-8,13,19,26H,2,9-12,14H2,1H3,(H2,23,24,25). The molecule has 2 aromatic rings. The highest BCUT2D eigenvalue weighted by atomic mass is 19.1. The molecule has 27 heavy (non-hydrogen) atoms. The number of guanidine groups is 1. The Kier molecular flexibility index (Phi) is 6.65. The van der Waals surface area contributed by atoms with E-state index in [2.05, 4.69) is 27.8 Å². The molecule has 3 rings (SSSR count). The van der Waals surface area contributed by atoms with Gasteiger partial charge >= 0.3 is 0 Å². The Bertz CT molecular complexity index is 777. The Hall–Kier alpha value is -2.60. The van der Waals surface area contributed by atoms with Crippen LogP contribution in [0.25, 0.3) is 0 Å². The van der Waals surface area contributed by atoms with Crippen LogP contribution in [-0.4, -0.2) is 37.3 Å². The van der Waals surface area contributed by atoms with Gasteiger partial charge in [0.05, 0.1) is 19.3 Å². The number of hydrogen-bond acceptors (Lipinski definition) is 3. The molecule has 0 amide bonds. The fourth-order valence-electron chi connectivity index (χ4n) is 3.03. The topological polar surface area (TPSA) is 65.9 Å². The van der Waals surface area contributed by atoms with Gasteiger partial charge in [-0.05, 0) is 48.2 Å². The largest absolute Gasteiger partial charge is 0.493 e. The number of aliphatic hydroxyl groups excluding tert-OH is 1. The number of aliphatic hydroxyl groups is 1. The maximum absolute atomic E-state index is 13.0. The van der Waals surface area contributed by atoms with Crippen molar-refractivity contribution in [3.05, 3.63) is 65.0 Å². The van der Waals surface area contributed by atoms with Crippen LogP contribution in [-0.2, 0) is 12.8 Å². The summed E-state index contributed by atoms with van der Waals surface area (Å²) in [4.78, 5) is 4.43. The van der Waals surface area contributed by atoms with E-state index in [-0.39, 0.29) is 12.4 Å². The number of aliphatic imine (C=N–C) groups is 1. The average Bonchev–Trinajstić information content (AvgIpc) is 3.14. The Labute approximate surface area is 159 Å². The third-order valence-electron chi connectivity index (χ3n) is 4.48. The predicted molar refractivity (Wildman–Crippen MR) is 105 cm³/mol. The molecule has 3 N–H and O–H groups in total. The molecular weight excluding hydrogens is 345 g/mol.